The van der Waals surface area contributed by atoms with Crippen LogP contribution in [0.15, 0.2) is 29.5 Å². The van der Waals surface area contributed by atoms with Crippen LogP contribution in [0.5, 0.6) is 11.5 Å². The average Bonchev–Trinajstić information content (AvgIpc) is 2.52. The number of methoxy groups -OCH3 is 3. The molecule has 0 saturated carbocycles. The maximum Gasteiger partial charge on any atom is 0.336 e. The highest BCUT2D eigenvalue weighted by atomic mass is 16.5. The predicted molar refractivity (Wildman–Crippen MR) is 79.8 cm³/mol. The number of esters is 1. The van der Waals surface area contributed by atoms with Crippen molar-refractivity contribution in [1.82, 2.24) is 5.32 Å². The number of allylic oxidation sites excluding steroid dienone is 1. The summed E-state index contributed by atoms with van der Waals surface area (Å²) in [4.78, 5) is 24.0. The Morgan fingerprint density at radius 2 is 1.95 bits per heavy atom. The van der Waals surface area contributed by atoms with Crippen LogP contribution in [-0.2, 0) is 14.3 Å². The van der Waals surface area contributed by atoms with Gasteiger partial charge in [0.05, 0.1) is 26.9 Å². The number of hydrogen-bond acceptors (Lipinski definition) is 5. The molecule has 0 fully saturated rings. The third kappa shape index (κ3) is 2.90. The molecule has 1 aliphatic heterocycles. The first kappa shape index (κ1) is 15.9. The number of ether oxygens (including phenoxy) is 3. The lowest BCUT2D eigenvalue weighted by molar-refractivity contribution is -0.136. The predicted octanol–water partition coefficient (Wildman–Crippen LogP) is 1.75. The standard InChI is InChI=1S/C16H19NO5/c1-9-15(16(19)22-4)12(8-14(18)17-9)11-6-5-10(20-2)7-13(11)21-3/h5-7,12H,8H2,1-4H3,(H,17,18). The Bertz CT molecular complexity index is 635. The molecule has 2 rings (SSSR count). The monoisotopic (exact) mass is 305 g/mol. The summed E-state index contributed by atoms with van der Waals surface area (Å²) in [6, 6.07) is 5.30. The van der Waals surface area contributed by atoms with Crippen LogP contribution in [0.25, 0.3) is 0 Å². The first-order chi connectivity index (χ1) is 10.5. The first-order valence-corrected chi connectivity index (χ1v) is 6.82. The van der Waals surface area contributed by atoms with Crippen LogP contribution in [0, 0.1) is 0 Å². The molecule has 1 atom stereocenters. The van der Waals surface area contributed by atoms with E-state index in [1.54, 1.807) is 32.2 Å². The summed E-state index contributed by atoms with van der Waals surface area (Å²) in [7, 11) is 4.42. The topological polar surface area (TPSA) is 73.9 Å². The highest BCUT2D eigenvalue weighted by molar-refractivity contribution is 5.96. The van der Waals surface area contributed by atoms with Crippen LogP contribution < -0.4 is 14.8 Å². The minimum absolute atomic E-state index is 0.145. The van der Waals surface area contributed by atoms with E-state index in [1.807, 2.05) is 0 Å². The van der Waals surface area contributed by atoms with E-state index >= 15 is 0 Å². The summed E-state index contributed by atoms with van der Waals surface area (Å²) in [5, 5.41) is 2.68. The summed E-state index contributed by atoms with van der Waals surface area (Å²) in [6.45, 7) is 1.69. The summed E-state index contributed by atoms with van der Waals surface area (Å²) in [6.07, 6.45) is 0.157. The van der Waals surface area contributed by atoms with Crippen LogP contribution >= 0.6 is 0 Å². The second kappa shape index (κ2) is 6.51. The Balaban J connectivity index is 2.55. The summed E-state index contributed by atoms with van der Waals surface area (Å²) in [5.74, 6) is 0.185. The Morgan fingerprint density at radius 1 is 1.23 bits per heavy atom. The molecule has 1 aliphatic rings. The average molecular weight is 305 g/mol. The van der Waals surface area contributed by atoms with Gasteiger partial charge in [0, 0.05) is 29.7 Å². The van der Waals surface area contributed by atoms with Gasteiger partial charge in [0.25, 0.3) is 0 Å². The fraction of sp³-hybridized carbons (Fsp3) is 0.375. The third-order valence-corrected chi connectivity index (χ3v) is 3.69. The van der Waals surface area contributed by atoms with Crippen LogP contribution in [0.4, 0.5) is 0 Å². The largest absolute Gasteiger partial charge is 0.497 e. The second-order valence-corrected chi connectivity index (χ2v) is 4.94. The number of carbonyl (C=O) groups excluding carboxylic acids is 2. The lowest BCUT2D eigenvalue weighted by Crippen LogP contribution is -2.34. The molecule has 6 nitrogen and oxygen atoms in total. The van der Waals surface area contributed by atoms with E-state index in [9.17, 15) is 9.59 Å². The van der Waals surface area contributed by atoms with Crippen molar-refractivity contribution >= 4 is 11.9 Å². The molecule has 0 aliphatic carbocycles. The van der Waals surface area contributed by atoms with E-state index in [1.165, 1.54) is 14.2 Å². The fourth-order valence-corrected chi connectivity index (χ4v) is 2.65. The van der Waals surface area contributed by atoms with Gasteiger partial charge in [-0.05, 0) is 13.0 Å². The van der Waals surface area contributed by atoms with Crippen molar-refractivity contribution in [3.63, 3.8) is 0 Å². The molecule has 1 aromatic rings. The van der Waals surface area contributed by atoms with Crippen molar-refractivity contribution in [3.8, 4) is 11.5 Å². The molecule has 0 aromatic heterocycles. The second-order valence-electron chi connectivity index (χ2n) is 4.94. The van der Waals surface area contributed by atoms with Crippen LogP contribution in [0.2, 0.25) is 0 Å². The van der Waals surface area contributed by atoms with Gasteiger partial charge in [0.15, 0.2) is 0 Å². The van der Waals surface area contributed by atoms with Crippen molar-refractivity contribution in [2.24, 2.45) is 0 Å². The first-order valence-electron chi connectivity index (χ1n) is 6.82. The highest BCUT2D eigenvalue weighted by Gasteiger charge is 2.34. The van der Waals surface area contributed by atoms with Gasteiger partial charge in [0.2, 0.25) is 5.91 Å². The smallest absolute Gasteiger partial charge is 0.336 e. The number of nitrogens with one attached hydrogen (secondary N) is 1. The minimum atomic E-state index is -0.458. The SMILES string of the molecule is COC(=O)C1=C(C)NC(=O)CC1c1ccc(OC)cc1OC. The van der Waals surface area contributed by atoms with Crippen molar-refractivity contribution in [2.75, 3.05) is 21.3 Å². The molecule has 1 amide bonds. The Morgan fingerprint density at radius 3 is 2.55 bits per heavy atom. The summed E-state index contributed by atoms with van der Waals surface area (Å²) >= 11 is 0. The Hall–Kier alpha value is -2.50. The van der Waals surface area contributed by atoms with Gasteiger partial charge in [0.1, 0.15) is 11.5 Å². The van der Waals surface area contributed by atoms with Gasteiger partial charge in [-0.15, -0.1) is 0 Å². The molecule has 0 spiro atoms. The van der Waals surface area contributed by atoms with Crippen molar-refractivity contribution in [2.45, 2.75) is 19.3 Å². The van der Waals surface area contributed by atoms with Gasteiger partial charge in [-0.1, -0.05) is 6.07 Å². The highest BCUT2D eigenvalue weighted by Crippen LogP contribution is 2.39. The van der Waals surface area contributed by atoms with Gasteiger partial charge >= 0.3 is 5.97 Å². The molecule has 0 radical (unpaired) electrons. The molecule has 1 N–H and O–H groups in total. The van der Waals surface area contributed by atoms with E-state index in [4.69, 9.17) is 14.2 Å². The summed E-state index contributed by atoms with van der Waals surface area (Å²) in [5.41, 5.74) is 1.69. The lowest BCUT2D eigenvalue weighted by atomic mass is 9.84. The fourth-order valence-electron chi connectivity index (χ4n) is 2.65. The molecule has 6 heteroatoms. The van der Waals surface area contributed by atoms with E-state index in [0.29, 0.717) is 22.8 Å². The lowest BCUT2D eigenvalue weighted by Gasteiger charge is -2.27. The number of hydrogen-bond donors (Lipinski definition) is 1. The van der Waals surface area contributed by atoms with Crippen molar-refractivity contribution in [3.05, 3.63) is 35.0 Å². The number of rotatable bonds is 4. The third-order valence-electron chi connectivity index (χ3n) is 3.69. The maximum absolute atomic E-state index is 12.1. The molecule has 1 unspecified atom stereocenters. The van der Waals surface area contributed by atoms with Gasteiger partial charge in [-0.3, -0.25) is 4.79 Å². The maximum atomic E-state index is 12.1. The van der Waals surface area contributed by atoms with Gasteiger partial charge in [-0.2, -0.15) is 0 Å². The molecule has 1 heterocycles. The number of amides is 1. The number of carbonyl (C=O) groups is 2. The molecule has 0 bridgehead atoms. The molecule has 22 heavy (non-hydrogen) atoms. The zero-order valence-corrected chi connectivity index (χ0v) is 13.1. The van der Waals surface area contributed by atoms with E-state index in [-0.39, 0.29) is 12.3 Å². The normalized spacial score (nSPS) is 17.8. The zero-order chi connectivity index (χ0) is 16.3. The molecular formula is C16H19NO5. The Kier molecular flexibility index (Phi) is 4.70. The van der Waals surface area contributed by atoms with Crippen LogP contribution in [0.1, 0.15) is 24.8 Å². The van der Waals surface area contributed by atoms with E-state index in [0.717, 1.165) is 5.56 Å². The van der Waals surface area contributed by atoms with Crippen LogP contribution in [0.3, 0.4) is 0 Å². The Labute approximate surface area is 129 Å². The van der Waals surface area contributed by atoms with Gasteiger partial charge in [-0.25, -0.2) is 4.79 Å². The quantitative estimate of drug-likeness (QED) is 0.858. The van der Waals surface area contributed by atoms with Crippen LogP contribution in [-0.4, -0.2) is 33.2 Å². The molecular weight excluding hydrogens is 286 g/mol. The molecule has 1 aromatic carbocycles. The van der Waals surface area contributed by atoms with Gasteiger partial charge < -0.3 is 19.5 Å². The molecule has 0 saturated heterocycles. The minimum Gasteiger partial charge on any atom is -0.497 e. The van der Waals surface area contributed by atoms with E-state index < -0.39 is 11.9 Å². The number of benzene rings is 1. The molecule has 118 valence electrons. The van der Waals surface area contributed by atoms with Crippen molar-refractivity contribution in [1.29, 1.82) is 0 Å². The zero-order valence-electron chi connectivity index (χ0n) is 13.1. The van der Waals surface area contributed by atoms with E-state index in [2.05, 4.69) is 5.32 Å². The van der Waals surface area contributed by atoms with Crippen molar-refractivity contribution < 1.29 is 23.8 Å². The summed E-state index contributed by atoms with van der Waals surface area (Å²) < 4.78 is 15.4.